The highest BCUT2D eigenvalue weighted by molar-refractivity contribution is 8.06. The summed E-state index contributed by atoms with van der Waals surface area (Å²) in [7, 11) is -3.88. The van der Waals surface area contributed by atoms with Crippen LogP contribution in [0.2, 0.25) is 0 Å². The van der Waals surface area contributed by atoms with Crippen LogP contribution in [-0.2, 0) is 14.3 Å². The molecule has 106 valence electrons. The van der Waals surface area contributed by atoms with E-state index in [2.05, 4.69) is 0 Å². The van der Waals surface area contributed by atoms with Gasteiger partial charge in [0.05, 0.1) is 0 Å². The van der Waals surface area contributed by atoms with E-state index in [1.165, 1.54) is 23.6 Å². The van der Waals surface area contributed by atoms with Crippen LogP contribution in [-0.4, -0.2) is 8.42 Å². The Morgan fingerprint density at radius 3 is 2.60 bits per heavy atom. The molecular weight excluding hydrogens is 294 g/mol. The summed E-state index contributed by atoms with van der Waals surface area (Å²) in [6.45, 7) is 3.79. The van der Waals surface area contributed by atoms with Gasteiger partial charge in [0.25, 0.3) is 0 Å². The quantitative estimate of drug-likeness (QED) is 0.347. The molecule has 0 saturated carbocycles. The number of thioether (sulfide) groups is 1. The first-order valence-corrected chi connectivity index (χ1v) is 8.21. The summed E-state index contributed by atoms with van der Waals surface area (Å²) < 4.78 is 29.2. The van der Waals surface area contributed by atoms with Crippen LogP contribution >= 0.6 is 11.8 Å². The standard InChI is InChI=1S/C14H15NO3S2/c1-3-4-5-13(10-19-11-15)18-20(16,17)14-8-6-12(2)7-9-14/h4-10H,3H2,1-2H3/b5-4+,13-10+. The Kier molecular flexibility index (Phi) is 6.36. The SMILES string of the molecule is CC/C=C/C(=C\SC#N)OS(=O)(=O)c1ccc(C)cc1. The molecule has 0 spiro atoms. The van der Waals surface area contributed by atoms with Crippen LogP contribution in [0.3, 0.4) is 0 Å². The van der Waals surface area contributed by atoms with Gasteiger partial charge in [0.1, 0.15) is 16.1 Å². The van der Waals surface area contributed by atoms with Crippen LogP contribution in [0.4, 0.5) is 0 Å². The van der Waals surface area contributed by atoms with Gasteiger partial charge in [-0.1, -0.05) is 30.7 Å². The summed E-state index contributed by atoms with van der Waals surface area (Å²) in [4.78, 5) is 0.0841. The van der Waals surface area contributed by atoms with E-state index in [0.717, 1.165) is 23.7 Å². The number of rotatable bonds is 6. The highest BCUT2D eigenvalue weighted by Crippen LogP contribution is 2.19. The maximum absolute atomic E-state index is 12.1. The molecular formula is C14H15NO3S2. The monoisotopic (exact) mass is 309 g/mol. The first-order valence-electron chi connectivity index (χ1n) is 5.92. The molecule has 0 heterocycles. The maximum atomic E-state index is 12.1. The highest BCUT2D eigenvalue weighted by atomic mass is 32.2. The summed E-state index contributed by atoms with van der Waals surface area (Å²) in [5.41, 5.74) is 0.964. The Morgan fingerprint density at radius 2 is 2.05 bits per heavy atom. The van der Waals surface area contributed by atoms with E-state index in [1.54, 1.807) is 18.2 Å². The van der Waals surface area contributed by atoms with Crippen molar-refractivity contribution in [2.45, 2.75) is 25.2 Å². The Bertz CT molecular complexity index is 638. The van der Waals surface area contributed by atoms with Crippen LogP contribution in [0.25, 0.3) is 0 Å². The van der Waals surface area contributed by atoms with Crippen molar-refractivity contribution in [2.24, 2.45) is 0 Å². The predicted octanol–water partition coefficient (Wildman–Crippen LogP) is 3.72. The van der Waals surface area contributed by atoms with Crippen molar-refractivity contribution < 1.29 is 12.6 Å². The van der Waals surface area contributed by atoms with Crippen LogP contribution in [0.15, 0.2) is 52.5 Å². The molecule has 0 radical (unpaired) electrons. The van der Waals surface area contributed by atoms with Crippen molar-refractivity contribution in [3.8, 4) is 5.40 Å². The smallest absolute Gasteiger partial charge is 0.339 e. The van der Waals surface area contributed by atoms with Crippen molar-refractivity contribution >= 4 is 21.9 Å². The molecule has 0 bridgehead atoms. The molecule has 0 saturated heterocycles. The number of nitriles is 1. The lowest BCUT2D eigenvalue weighted by molar-refractivity contribution is 0.420. The zero-order chi connectivity index (χ0) is 15.0. The molecule has 1 aromatic rings. The number of thiocyanates is 1. The number of hydrogen-bond acceptors (Lipinski definition) is 5. The fourth-order valence-electron chi connectivity index (χ4n) is 1.28. The van der Waals surface area contributed by atoms with Gasteiger partial charge in [0, 0.05) is 5.41 Å². The van der Waals surface area contributed by atoms with E-state index in [4.69, 9.17) is 9.44 Å². The van der Waals surface area contributed by atoms with Crippen LogP contribution in [0.5, 0.6) is 0 Å². The Morgan fingerprint density at radius 1 is 1.40 bits per heavy atom. The molecule has 0 unspecified atom stereocenters. The number of nitrogens with zero attached hydrogens (tertiary/aromatic N) is 1. The summed E-state index contributed by atoms with van der Waals surface area (Å²) in [6.07, 6.45) is 4.03. The topological polar surface area (TPSA) is 67.2 Å². The fraction of sp³-hybridized carbons (Fsp3) is 0.214. The van der Waals surface area contributed by atoms with Crippen LogP contribution in [0.1, 0.15) is 18.9 Å². The largest absolute Gasteiger partial charge is 0.378 e. The molecule has 1 aromatic carbocycles. The van der Waals surface area contributed by atoms with E-state index in [1.807, 2.05) is 19.2 Å². The minimum atomic E-state index is -3.88. The Balaban J connectivity index is 3.00. The molecule has 20 heavy (non-hydrogen) atoms. The molecule has 0 atom stereocenters. The van der Waals surface area contributed by atoms with Gasteiger partial charge in [0.15, 0.2) is 0 Å². The summed E-state index contributed by atoms with van der Waals surface area (Å²) in [5.74, 6) is 0.124. The number of allylic oxidation sites excluding steroid dienone is 2. The molecule has 1 rings (SSSR count). The van der Waals surface area contributed by atoms with Crippen LogP contribution in [0, 0.1) is 17.6 Å². The van der Waals surface area contributed by atoms with Crippen molar-refractivity contribution in [1.29, 1.82) is 5.26 Å². The van der Waals surface area contributed by atoms with Gasteiger partial charge in [-0.05, 0) is 43.3 Å². The van der Waals surface area contributed by atoms with E-state index in [9.17, 15) is 8.42 Å². The van der Waals surface area contributed by atoms with Gasteiger partial charge in [-0.2, -0.15) is 13.7 Å². The zero-order valence-corrected chi connectivity index (χ0v) is 12.9. The van der Waals surface area contributed by atoms with Gasteiger partial charge >= 0.3 is 10.1 Å². The number of hydrogen-bond donors (Lipinski definition) is 0. The second-order valence-corrected chi connectivity index (χ2v) is 6.09. The van der Waals surface area contributed by atoms with Gasteiger partial charge in [-0.25, -0.2) is 0 Å². The lowest BCUT2D eigenvalue weighted by Gasteiger charge is -2.07. The molecule has 0 amide bonds. The van der Waals surface area contributed by atoms with Gasteiger partial charge in [-0.15, -0.1) is 0 Å². The van der Waals surface area contributed by atoms with Gasteiger partial charge in [0.2, 0.25) is 0 Å². The predicted molar refractivity (Wildman–Crippen MR) is 80.2 cm³/mol. The number of benzene rings is 1. The van der Waals surface area contributed by atoms with Gasteiger partial charge in [-0.3, -0.25) is 0 Å². The lowest BCUT2D eigenvalue weighted by atomic mass is 10.2. The third-order valence-electron chi connectivity index (χ3n) is 2.26. The van der Waals surface area contributed by atoms with E-state index in [0.29, 0.717) is 0 Å². The summed E-state index contributed by atoms with van der Waals surface area (Å²) >= 11 is 0.808. The second-order valence-electron chi connectivity index (χ2n) is 3.89. The van der Waals surface area contributed by atoms with E-state index < -0.39 is 10.1 Å². The lowest BCUT2D eigenvalue weighted by Crippen LogP contribution is -2.05. The van der Waals surface area contributed by atoms with Crippen molar-refractivity contribution in [1.82, 2.24) is 0 Å². The molecule has 0 fully saturated rings. The van der Waals surface area contributed by atoms with Crippen LogP contribution < -0.4 is 0 Å². The third kappa shape index (κ3) is 5.11. The zero-order valence-electron chi connectivity index (χ0n) is 11.2. The summed E-state index contributed by atoms with van der Waals surface area (Å²) in [6, 6.07) is 6.38. The Labute approximate surface area is 123 Å². The average molecular weight is 309 g/mol. The fourth-order valence-corrected chi connectivity index (χ4v) is 2.56. The van der Waals surface area contributed by atoms with Crippen molar-refractivity contribution in [3.63, 3.8) is 0 Å². The minimum Gasteiger partial charge on any atom is -0.378 e. The van der Waals surface area contributed by atoms with Gasteiger partial charge < -0.3 is 4.18 Å². The number of aryl methyl sites for hydroxylation is 1. The van der Waals surface area contributed by atoms with Crippen molar-refractivity contribution in [2.75, 3.05) is 0 Å². The molecule has 0 aliphatic heterocycles. The molecule has 0 N–H and O–H groups in total. The first-order chi connectivity index (χ1) is 9.49. The average Bonchev–Trinajstić information content (AvgIpc) is 2.42. The molecule has 6 heteroatoms. The minimum absolute atomic E-state index is 0.0841. The molecule has 4 nitrogen and oxygen atoms in total. The first kappa shape index (κ1) is 16.3. The normalized spacial score (nSPS) is 12.3. The maximum Gasteiger partial charge on any atom is 0.339 e. The molecule has 0 aromatic heterocycles. The highest BCUT2D eigenvalue weighted by Gasteiger charge is 2.16. The van der Waals surface area contributed by atoms with E-state index >= 15 is 0 Å². The van der Waals surface area contributed by atoms with Crippen molar-refractivity contribution in [3.05, 3.63) is 53.1 Å². The molecule has 0 aliphatic carbocycles. The third-order valence-corrected chi connectivity index (χ3v) is 3.98. The second kappa shape index (κ2) is 7.78. The Hall–Kier alpha value is -1.71. The van der Waals surface area contributed by atoms with E-state index in [-0.39, 0.29) is 10.7 Å². The summed E-state index contributed by atoms with van der Waals surface area (Å²) in [5, 5.41) is 11.7. The molecule has 0 aliphatic rings.